The minimum atomic E-state index is 0.903. The second-order valence-corrected chi connectivity index (χ2v) is 19.7. The van der Waals surface area contributed by atoms with E-state index >= 15 is 0 Å². The highest BCUT2D eigenvalue weighted by molar-refractivity contribution is 6.14. The fourth-order valence-corrected chi connectivity index (χ4v) is 11.6. The minimum Gasteiger partial charge on any atom is -0.456 e. The Morgan fingerprint density at radius 1 is 0.187 bits per heavy atom. The van der Waals surface area contributed by atoms with Crippen molar-refractivity contribution in [2.45, 2.75) is 0 Å². The van der Waals surface area contributed by atoms with Crippen molar-refractivity contribution >= 4 is 65.6 Å². The molecule has 350 valence electrons. The molecular weight excluding hydrogens is 909 g/mol. The summed E-state index contributed by atoms with van der Waals surface area (Å²) in [5.41, 5.74) is 23.0. The van der Waals surface area contributed by atoms with Gasteiger partial charge in [-0.1, -0.05) is 170 Å². The molecule has 0 unspecified atom stereocenters. The van der Waals surface area contributed by atoms with Crippen LogP contribution < -0.4 is 0 Å². The first-order chi connectivity index (χ1) is 37.1. The van der Waals surface area contributed by atoms with Crippen LogP contribution in [0.2, 0.25) is 0 Å². The lowest BCUT2D eigenvalue weighted by Gasteiger charge is -2.10. The molecule has 0 fully saturated rings. The van der Waals surface area contributed by atoms with Gasteiger partial charge in [0.25, 0.3) is 0 Å². The van der Waals surface area contributed by atoms with E-state index in [4.69, 9.17) is 4.42 Å². The highest BCUT2D eigenvalue weighted by atomic mass is 16.3. The maximum atomic E-state index is 6.22. The Morgan fingerprint density at radius 2 is 0.480 bits per heavy atom. The first-order valence-electron chi connectivity index (χ1n) is 25.7. The van der Waals surface area contributed by atoms with Crippen molar-refractivity contribution in [3.8, 4) is 78.1 Å². The van der Waals surface area contributed by atoms with Crippen LogP contribution in [0.1, 0.15) is 0 Å². The largest absolute Gasteiger partial charge is 0.456 e. The zero-order valence-corrected chi connectivity index (χ0v) is 40.9. The Hall–Kier alpha value is -9.96. The summed E-state index contributed by atoms with van der Waals surface area (Å²) >= 11 is 0. The molecule has 0 aliphatic carbocycles. The summed E-state index contributed by atoms with van der Waals surface area (Å²) in [5.74, 6) is 0. The standard InChI is InChI=1S/C72H46N2O/c1-4-15-47(16-5-1)48-17-12-18-49(39-48)50-19-13-20-51(40-50)52-21-14-22-53(41-52)54-29-34-67-62(42-54)63-43-55(30-35-68(63)73(67)59-23-6-2-7-24-59)56-31-36-69-64(44-56)65-45-57(32-37-70(65)74(69)60-25-8-3-9-26-60)58-33-38-72-66(46-58)61-27-10-11-28-71(61)75-72/h1-46H. The van der Waals surface area contributed by atoms with Crippen LogP contribution >= 0.6 is 0 Å². The van der Waals surface area contributed by atoms with E-state index in [1.165, 1.54) is 105 Å². The Morgan fingerprint density at radius 3 is 0.893 bits per heavy atom. The SMILES string of the molecule is c1ccc(-c2cccc(-c3cccc(-c4cccc(-c5ccc6c(c5)c5cc(-c7ccc8c(c7)c7cc(-c9ccc%10oc%11ccccc%11c%10c9)ccc7n8-c7ccccc7)ccc5n6-c5ccccc5)c4)c3)c2)cc1. The molecule has 0 aliphatic rings. The third-order valence-corrected chi connectivity index (χ3v) is 15.3. The van der Waals surface area contributed by atoms with Crippen LogP contribution in [-0.4, -0.2) is 9.13 Å². The van der Waals surface area contributed by atoms with Crippen molar-refractivity contribution in [1.29, 1.82) is 0 Å². The highest BCUT2D eigenvalue weighted by Crippen LogP contribution is 2.42. The lowest BCUT2D eigenvalue weighted by molar-refractivity contribution is 0.669. The number of furan rings is 1. The van der Waals surface area contributed by atoms with Crippen LogP contribution in [0.25, 0.3) is 144 Å². The summed E-state index contributed by atoms with van der Waals surface area (Å²) in [4.78, 5) is 0. The van der Waals surface area contributed by atoms with Crippen LogP contribution in [0.15, 0.2) is 283 Å². The van der Waals surface area contributed by atoms with E-state index < -0.39 is 0 Å². The van der Waals surface area contributed by atoms with Crippen molar-refractivity contribution in [2.75, 3.05) is 0 Å². The number of para-hydroxylation sites is 3. The molecule has 3 heteroatoms. The number of nitrogens with zero attached hydrogens (tertiary/aromatic N) is 2. The third-order valence-electron chi connectivity index (χ3n) is 15.3. The molecule has 15 rings (SSSR count). The minimum absolute atomic E-state index is 0.903. The van der Waals surface area contributed by atoms with E-state index in [0.29, 0.717) is 0 Å². The second kappa shape index (κ2) is 17.4. The molecule has 0 bridgehead atoms. The van der Waals surface area contributed by atoms with Gasteiger partial charge in [-0.05, 0) is 176 Å². The molecule has 0 aliphatic heterocycles. The van der Waals surface area contributed by atoms with Crippen molar-refractivity contribution in [3.63, 3.8) is 0 Å². The number of hydrogen-bond acceptors (Lipinski definition) is 1. The Bertz CT molecular complexity index is 4690. The zero-order chi connectivity index (χ0) is 49.4. The Balaban J connectivity index is 0.849. The lowest BCUT2D eigenvalue weighted by Crippen LogP contribution is -1.93. The molecule has 0 radical (unpaired) electrons. The van der Waals surface area contributed by atoms with E-state index in [9.17, 15) is 0 Å². The number of aromatic nitrogens is 2. The van der Waals surface area contributed by atoms with E-state index in [-0.39, 0.29) is 0 Å². The quantitative estimate of drug-likeness (QED) is 0.149. The maximum absolute atomic E-state index is 6.22. The number of hydrogen-bond donors (Lipinski definition) is 0. The molecule has 0 saturated heterocycles. The number of rotatable bonds is 8. The molecule has 3 aromatic heterocycles. The van der Waals surface area contributed by atoms with Gasteiger partial charge in [0.15, 0.2) is 0 Å². The van der Waals surface area contributed by atoms with E-state index in [2.05, 4.69) is 276 Å². The topological polar surface area (TPSA) is 23.0 Å². The van der Waals surface area contributed by atoms with Crippen molar-refractivity contribution in [1.82, 2.24) is 9.13 Å². The van der Waals surface area contributed by atoms with Crippen LogP contribution in [0, 0.1) is 0 Å². The second-order valence-electron chi connectivity index (χ2n) is 19.7. The van der Waals surface area contributed by atoms with Crippen LogP contribution in [-0.2, 0) is 0 Å². The molecule has 0 saturated carbocycles. The fraction of sp³-hybridized carbons (Fsp3) is 0. The van der Waals surface area contributed by atoms with Gasteiger partial charge >= 0.3 is 0 Å². The Labute approximate surface area is 434 Å². The smallest absolute Gasteiger partial charge is 0.135 e. The molecule has 12 aromatic carbocycles. The highest BCUT2D eigenvalue weighted by Gasteiger charge is 2.19. The predicted molar refractivity (Wildman–Crippen MR) is 315 cm³/mol. The molecule has 3 nitrogen and oxygen atoms in total. The predicted octanol–water partition coefficient (Wildman–Crippen LogP) is 19.8. The van der Waals surface area contributed by atoms with Gasteiger partial charge in [-0.2, -0.15) is 0 Å². The van der Waals surface area contributed by atoms with Crippen LogP contribution in [0.5, 0.6) is 0 Å². The van der Waals surface area contributed by atoms with Gasteiger partial charge in [-0.15, -0.1) is 0 Å². The normalized spacial score (nSPS) is 11.7. The van der Waals surface area contributed by atoms with Crippen molar-refractivity contribution in [3.05, 3.63) is 279 Å². The monoisotopic (exact) mass is 954 g/mol. The molecule has 0 N–H and O–H groups in total. The fourth-order valence-electron chi connectivity index (χ4n) is 11.6. The molecule has 0 amide bonds. The molecule has 3 heterocycles. The van der Waals surface area contributed by atoms with E-state index in [1.54, 1.807) is 0 Å². The summed E-state index contributed by atoms with van der Waals surface area (Å²) < 4.78 is 11.0. The number of benzene rings is 12. The average molecular weight is 955 g/mol. The van der Waals surface area contributed by atoms with Crippen LogP contribution in [0.4, 0.5) is 0 Å². The molecule has 15 aromatic rings. The molecule has 0 spiro atoms. The molecular formula is C72H46N2O. The van der Waals surface area contributed by atoms with Gasteiger partial charge in [0.2, 0.25) is 0 Å². The first kappa shape index (κ1) is 42.7. The van der Waals surface area contributed by atoms with Gasteiger partial charge in [-0.25, -0.2) is 0 Å². The first-order valence-corrected chi connectivity index (χ1v) is 25.7. The summed E-state index contributed by atoms with van der Waals surface area (Å²) in [6, 6.07) is 102. The van der Waals surface area contributed by atoms with Crippen molar-refractivity contribution in [2.24, 2.45) is 0 Å². The molecule has 75 heavy (non-hydrogen) atoms. The van der Waals surface area contributed by atoms with Gasteiger partial charge in [0.05, 0.1) is 22.1 Å². The zero-order valence-electron chi connectivity index (χ0n) is 40.9. The summed E-state index contributed by atoms with van der Waals surface area (Å²) in [6.07, 6.45) is 0. The summed E-state index contributed by atoms with van der Waals surface area (Å²) in [7, 11) is 0. The van der Waals surface area contributed by atoms with Gasteiger partial charge in [0.1, 0.15) is 11.2 Å². The average Bonchev–Trinajstić information content (AvgIpc) is 4.16. The van der Waals surface area contributed by atoms with Crippen molar-refractivity contribution < 1.29 is 4.42 Å². The third kappa shape index (κ3) is 7.28. The van der Waals surface area contributed by atoms with Gasteiger partial charge in [-0.3, -0.25) is 0 Å². The molecule has 0 atom stereocenters. The Kier molecular flexibility index (Phi) is 9.89. The van der Waals surface area contributed by atoms with E-state index in [1.807, 2.05) is 12.1 Å². The van der Waals surface area contributed by atoms with Gasteiger partial charge < -0.3 is 13.6 Å². The maximum Gasteiger partial charge on any atom is 0.135 e. The number of fused-ring (bicyclic) bond motifs is 9. The van der Waals surface area contributed by atoms with E-state index in [0.717, 1.165) is 38.9 Å². The van der Waals surface area contributed by atoms with Crippen LogP contribution in [0.3, 0.4) is 0 Å². The van der Waals surface area contributed by atoms with Gasteiger partial charge in [0, 0.05) is 43.7 Å². The summed E-state index contributed by atoms with van der Waals surface area (Å²) in [5, 5.41) is 7.11. The lowest BCUT2D eigenvalue weighted by atomic mass is 9.94. The summed E-state index contributed by atoms with van der Waals surface area (Å²) in [6.45, 7) is 0.